The predicted octanol–water partition coefficient (Wildman–Crippen LogP) is 20.9. The summed E-state index contributed by atoms with van der Waals surface area (Å²) in [5.74, 6) is 0. The fraction of sp³-hybridized carbons (Fsp3) is 0.244. The number of benzene rings is 10. The molecule has 0 radical (unpaired) electrons. The number of anilines is 9. The van der Waals surface area contributed by atoms with Gasteiger partial charge in [-0.25, -0.2) is 0 Å². The van der Waals surface area contributed by atoms with E-state index in [1.54, 1.807) is 0 Å². The zero-order valence-electron chi connectivity index (χ0n) is 53.7. The third kappa shape index (κ3) is 10.6. The van der Waals surface area contributed by atoms with Gasteiger partial charge in [0.2, 0.25) is 0 Å². The summed E-state index contributed by atoms with van der Waals surface area (Å²) in [6, 6.07) is 86.3. The van der Waals surface area contributed by atoms with Crippen molar-refractivity contribution in [2.24, 2.45) is 0 Å². The van der Waals surface area contributed by atoms with Crippen molar-refractivity contribution < 1.29 is 0 Å². The van der Waals surface area contributed by atoms with Crippen LogP contribution in [0.1, 0.15) is 132 Å². The molecule has 1 aromatic heterocycles. The summed E-state index contributed by atoms with van der Waals surface area (Å²) >= 11 is -0.00599. The monoisotopic (exact) mass is 1200 g/mol. The minimum absolute atomic E-state index is 0.00401. The summed E-state index contributed by atoms with van der Waals surface area (Å²) in [6.07, 6.45) is 0. The first-order valence-electron chi connectivity index (χ1n) is 31.3. The Morgan fingerprint density at radius 1 is 0.345 bits per heavy atom. The van der Waals surface area contributed by atoms with Crippen molar-refractivity contribution >= 4 is 97.3 Å². The molecular formula is C82H82BN3Se. The standard InChI is InChI=1S/C82H82BN3Se/c1-78(2,3)56-34-39-61(40-35-56)84(70-33-25-24-32-67(70)54-28-20-17-21-29-54)63-43-44-69-71(52-63)85(62-41-36-57(37-42-62)79(4,5)6)72-46-55(66-31-23-22-30-65(66)53-26-18-16-19-27-53)47-73-75(72)83(69)77-76(68-51-58(80(7,8)9)38-45-74(68)87-77)86(73)64-49-59(81(10,11)12)48-60(50-64)82(13,14)15/h16-52H,1-15H3. The van der Waals surface area contributed by atoms with Crippen LogP contribution in [0.3, 0.4) is 0 Å². The molecule has 0 amide bonds. The molecule has 11 aromatic rings. The molecule has 87 heavy (non-hydrogen) atoms. The van der Waals surface area contributed by atoms with Crippen molar-refractivity contribution in [3.05, 3.63) is 252 Å². The van der Waals surface area contributed by atoms with Gasteiger partial charge in [0.1, 0.15) is 0 Å². The SMILES string of the molecule is CC(C)(C)c1ccc(N(c2ccc3c(c2)N(c2ccc(C(C)(C)C)cc2)c2cc(-c4ccccc4-c4ccccc4)cc4c2B3c2[se]c3ccc(C(C)(C)C)cc3c2N4c2cc(C(C)(C)C)cc(C(C)(C)C)c2)c2ccccc2-c2ccccc2)cc1. The zero-order chi connectivity index (χ0) is 61.1. The molecule has 0 bridgehead atoms. The second kappa shape index (κ2) is 21.4. The maximum atomic E-state index is 2.74. The van der Waals surface area contributed by atoms with Gasteiger partial charge in [0.05, 0.1) is 0 Å². The van der Waals surface area contributed by atoms with Crippen LogP contribution < -0.4 is 30.0 Å². The number of rotatable bonds is 8. The number of hydrogen-bond acceptors (Lipinski definition) is 3. The molecule has 3 heterocycles. The molecular weight excluding hydrogens is 1120 g/mol. The van der Waals surface area contributed by atoms with Crippen molar-refractivity contribution in [3.63, 3.8) is 0 Å². The van der Waals surface area contributed by atoms with Crippen LogP contribution in [0.5, 0.6) is 0 Å². The molecule has 0 saturated carbocycles. The summed E-state index contributed by atoms with van der Waals surface area (Å²) < 4.78 is 2.95. The minimum atomic E-state index is -0.102. The average Bonchev–Trinajstić information content (AvgIpc) is 1.70. The van der Waals surface area contributed by atoms with E-state index in [-0.39, 0.29) is 48.3 Å². The van der Waals surface area contributed by atoms with E-state index >= 15 is 0 Å². The van der Waals surface area contributed by atoms with E-state index in [9.17, 15) is 0 Å². The third-order valence-corrected chi connectivity index (χ3v) is 20.8. The van der Waals surface area contributed by atoms with E-state index in [2.05, 4.69) is 343 Å². The van der Waals surface area contributed by atoms with Crippen LogP contribution in [-0.4, -0.2) is 21.2 Å². The van der Waals surface area contributed by atoms with E-state index in [1.165, 1.54) is 115 Å². The fourth-order valence-electron chi connectivity index (χ4n) is 13.2. The Balaban J connectivity index is 1.17. The molecule has 2 aliphatic heterocycles. The van der Waals surface area contributed by atoms with Crippen LogP contribution in [0.15, 0.2) is 224 Å². The maximum absolute atomic E-state index is 2.74. The molecule has 13 rings (SSSR count). The summed E-state index contributed by atoms with van der Waals surface area (Å²) in [5, 5.41) is 1.36. The average molecular weight is 1200 g/mol. The van der Waals surface area contributed by atoms with Gasteiger partial charge in [0.15, 0.2) is 0 Å². The molecule has 5 heteroatoms. The first-order valence-corrected chi connectivity index (χ1v) is 33.0. The van der Waals surface area contributed by atoms with Crippen molar-refractivity contribution in [2.75, 3.05) is 14.7 Å². The van der Waals surface area contributed by atoms with E-state index in [0.29, 0.717) is 0 Å². The number of fused-ring (bicyclic) bond motifs is 6. The number of para-hydroxylation sites is 1. The van der Waals surface area contributed by atoms with Crippen molar-refractivity contribution in [2.45, 2.75) is 131 Å². The van der Waals surface area contributed by atoms with E-state index in [4.69, 9.17) is 0 Å². The Kier molecular flexibility index (Phi) is 14.2. The third-order valence-electron chi connectivity index (χ3n) is 18.2. The van der Waals surface area contributed by atoms with Gasteiger partial charge >= 0.3 is 502 Å². The Hall–Kier alpha value is -8.08. The van der Waals surface area contributed by atoms with E-state index < -0.39 is 0 Å². The molecule has 10 aromatic carbocycles. The van der Waals surface area contributed by atoms with Crippen LogP contribution >= 0.6 is 0 Å². The van der Waals surface area contributed by atoms with Gasteiger partial charge in [-0.15, -0.1) is 0 Å². The summed E-state index contributed by atoms with van der Waals surface area (Å²) in [4.78, 5) is 7.89. The Labute approximate surface area is 525 Å². The van der Waals surface area contributed by atoms with E-state index in [1.807, 2.05) is 0 Å². The second-order valence-electron chi connectivity index (χ2n) is 29.5. The Morgan fingerprint density at radius 2 is 0.816 bits per heavy atom. The van der Waals surface area contributed by atoms with Gasteiger partial charge in [-0.05, 0) is 0 Å². The quantitative estimate of drug-likeness (QED) is 0.140. The summed E-state index contributed by atoms with van der Waals surface area (Å²) in [7, 11) is 0. The topological polar surface area (TPSA) is 9.72 Å². The molecule has 0 unspecified atom stereocenters. The normalized spacial score (nSPS) is 13.4. The number of hydrogen-bond donors (Lipinski definition) is 0. The van der Waals surface area contributed by atoms with Crippen molar-refractivity contribution in [1.82, 2.24) is 0 Å². The predicted molar refractivity (Wildman–Crippen MR) is 379 cm³/mol. The number of nitrogens with zero attached hydrogens (tertiary/aromatic N) is 3. The van der Waals surface area contributed by atoms with Crippen LogP contribution in [0.25, 0.3) is 43.0 Å². The van der Waals surface area contributed by atoms with Gasteiger partial charge in [-0.3, -0.25) is 0 Å². The van der Waals surface area contributed by atoms with Gasteiger partial charge in [-0.1, -0.05) is 26.8 Å². The van der Waals surface area contributed by atoms with Gasteiger partial charge in [0, 0.05) is 0 Å². The van der Waals surface area contributed by atoms with Crippen molar-refractivity contribution in [3.8, 4) is 33.4 Å². The molecule has 2 aliphatic rings. The molecule has 434 valence electrons. The van der Waals surface area contributed by atoms with Crippen LogP contribution in [0.2, 0.25) is 0 Å². The first-order chi connectivity index (χ1) is 41.3. The Morgan fingerprint density at radius 3 is 1.38 bits per heavy atom. The van der Waals surface area contributed by atoms with Crippen LogP contribution in [0.4, 0.5) is 51.2 Å². The molecule has 0 aliphatic carbocycles. The van der Waals surface area contributed by atoms with Crippen LogP contribution in [-0.2, 0) is 27.1 Å². The molecule has 0 fully saturated rings. The molecule has 0 N–H and O–H groups in total. The fourth-order valence-corrected chi connectivity index (χ4v) is 15.9. The second-order valence-corrected chi connectivity index (χ2v) is 31.8. The molecule has 3 nitrogen and oxygen atoms in total. The van der Waals surface area contributed by atoms with E-state index in [0.717, 1.165) is 22.7 Å². The molecule has 0 spiro atoms. The Bertz CT molecular complexity index is 4370. The van der Waals surface area contributed by atoms with Crippen molar-refractivity contribution in [1.29, 1.82) is 0 Å². The summed E-state index contributed by atoms with van der Waals surface area (Å²) in [5.41, 5.74) is 26.8. The summed E-state index contributed by atoms with van der Waals surface area (Å²) in [6.45, 7) is 35.2. The zero-order valence-corrected chi connectivity index (χ0v) is 55.4. The first kappa shape index (κ1) is 58.0. The molecule has 0 saturated heterocycles. The van der Waals surface area contributed by atoms with Gasteiger partial charge in [0.25, 0.3) is 0 Å². The van der Waals surface area contributed by atoms with Crippen LogP contribution in [0, 0.1) is 0 Å². The molecule has 0 atom stereocenters. The van der Waals surface area contributed by atoms with Gasteiger partial charge in [-0.2, -0.15) is 0 Å². The van der Waals surface area contributed by atoms with Gasteiger partial charge < -0.3 is 0 Å².